The molecule has 2 aromatic carbocycles. The van der Waals surface area contributed by atoms with E-state index in [1.807, 2.05) is 0 Å². The van der Waals surface area contributed by atoms with Gasteiger partial charge in [0.15, 0.2) is 5.82 Å². The molecule has 1 saturated heterocycles. The summed E-state index contributed by atoms with van der Waals surface area (Å²) in [5.41, 5.74) is 2.31. The Balaban J connectivity index is 1.54. The second-order valence-corrected chi connectivity index (χ2v) is 6.49. The average Bonchev–Trinajstić information content (AvgIpc) is 3.31. The quantitative estimate of drug-likeness (QED) is 0.711. The van der Waals surface area contributed by atoms with Crippen LogP contribution in [0.5, 0.6) is 0 Å². The van der Waals surface area contributed by atoms with Gasteiger partial charge in [-0.25, -0.2) is 4.39 Å². The molecule has 6 nitrogen and oxygen atoms in total. The van der Waals surface area contributed by atoms with Crippen LogP contribution in [0.25, 0.3) is 11.5 Å². The molecule has 1 aliphatic rings. The number of hydrogen-bond donors (Lipinski definition) is 0. The number of rotatable bonds is 3. The predicted octanol–water partition coefficient (Wildman–Crippen LogP) is 3.58. The number of nitriles is 1. The highest BCUT2D eigenvalue weighted by molar-refractivity contribution is 5.96. The molecule has 1 atom stereocenters. The zero-order valence-corrected chi connectivity index (χ0v) is 14.5. The van der Waals surface area contributed by atoms with Crippen molar-refractivity contribution in [3.8, 4) is 17.5 Å². The fourth-order valence-electron chi connectivity index (χ4n) is 3.09. The van der Waals surface area contributed by atoms with Crippen molar-refractivity contribution < 1.29 is 13.7 Å². The summed E-state index contributed by atoms with van der Waals surface area (Å²) >= 11 is 0. The summed E-state index contributed by atoms with van der Waals surface area (Å²) in [6, 6.07) is 13.6. The van der Waals surface area contributed by atoms with Crippen LogP contribution in [0.15, 0.2) is 47.0 Å². The second kappa shape index (κ2) is 6.65. The molecule has 0 N–H and O–H groups in total. The summed E-state index contributed by atoms with van der Waals surface area (Å²) in [6.07, 6.45) is 0.238. The molecule has 0 bridgehead atoms. The number of amides is 1. The number of nitrogens with zero attached hydrogens (tertiary/aromatic N) is 4. The van der Waals surface area contributed by atoms with Gasteiger partial charge < -0.3 is 9.42 Å². The van der Waals surface area contributed by atoms with E-state index < -0.39 is 0 Å². The fourth-order valence-corrected chi connectivity index (χ4v) is 3.09. The molecule has 0 spiro atoms. The van der Waals surface area contributed by atoms with Gasteiger partial charge in [-0.1, -0.05) is 11.2 Å². The molecule has 1 fully saturated rings. The molecule has 1 amide bonds. The third kappa shape index (κ3) is 3.17. The SMILES string of the molecule is Cc1ccc(N2CC(c3noc(-c4ccc(C#N)cc4)n3)CC2=O)cc1F. The van der Waals surface area contributed by atoms with Crippen LogP contribution in [0.2, 0.25) is 0 Å². The summed E-state index contributed by atoms with van der Waals surface area (Å²) in [6.45, 7) is 2.05. The zero-order chi connectivity index (χ0) is 19.0. The number of benzene rings is 2. The summed E-state index contributed by atoms with van der Waals surface area (Å²) in [5.74, 6) is 0.108. The van der Waals surface area contributed by atoms with Crippen LogP contribution in [-0.2, 0) is 4.79 Å². The molecule has 4 rings (SSSR count). The van der Waals surface area contributed by atoms with Crippen molar-refractivity contribution >= 4 is 11.6 Å². The first-order valence-corrected chi connectivity index (χ1v) is 8.46. The Labute approximate surface area is 154 Å². The van der Waals surface area contributed by atoms with E-state index in [1.54, 1.807) is 48.2 Å². The Morgan fingerprint density at radius 1 is 1.26 bits per heavy atom. The lowest BCUT2D eigenvalue weighted by Gasteiger charge is -2.16. The van der Waals surface area contributed by atoms with Crippen molar-refractivity contribution in [3.05, 3.63) is 65.2 Å². The van der Waals surface area contributed by atoms with Gasteiger partial charge in [0.2, 0.25) is 5.91 Å². The van der Waals surface area contributed by atoms with Crippen LogP contribution in [0, 0.1) is 24.1 Å². The standard InChI is InChI=1S/C20H15FN4O2/c1-12-2-7-16(9-17(12)21)25-11-15(8-18(25)26)19-23-20(27-24-19)14-5-3-13(10-22)4-6-14/h2-7,9,15H,8,11H2,1H3. The van der Waals surface area contributed by atoms with E-state index in [4.69, 9.17) is 9.78 Å². The van der Waals surface area contributed by atoms with Gasteiger partial charge in [0, 0.05) is 30.1 Å². The van der Waals surface area contributed by atoms with Gasteiger partial charge in [-0.15, -0.1) is 0 Å². The fraction of sp³-hybridized carbons (Fsp3) is 0.200. The Morgan fingerprint density at radius 2 is 2.04 bits per heavy atom. The Kier molecular flexibility index (Phi) is 4.16. The highest BCUT2D eigenvalue weighted by atomic mass is 19.1. The third-order valence-electron chi connectivity index (χ3n) is 4.66. The lowest BCUT2D eigenvalue weighted by molar-refractivity contribution is -0.117. The van der Waals surface area contributed by atoms with Gasteiger partial charge in [-0.2, -0.15) is 10.2 Å². The highest BCUT2D eigenvalue weighted by Gasteiger charge is 2.34. The zero-order valence-electron chi connectivity index (χ0n) is 14.5. The van der Waals surface area contributed by atoms with Crippen molar-refractivity contribution in [1.82, 2.24) is 10.1 Å². The number of aromatic nitrogens is 2. The van der Waals surface area contributed by atoms with E-state index in [1.165, 1.54) is 6.07 Å². The van der Waals surface area contributed by atoms with E-state index >= 15 is 0 Å². The number of carbonyl (C=O) groups excluding carboxylic acids is 1. The first-order valence-electron chi connectivity index (χ1n) is 8.46. The molecular weight excluding hydrogens is 347 g/mol. The van der Waals surface area contributed by atoms with Crippen molar-refractivity contribution in [2.75, 3.05) is 11.4 Å². The number of carbonyl (C=O) groups is 1. The second-order valence-electron chi connectivity index (χ2n) is 6.49. The topological polar surface area (TPSA) is 83.0 Å². The molecule has 7 heteroatoms. The lowest BCUT2D eigenvalue weighted by atomic mass is 10.1. The van der Waals surface area contributed by atoms with Crippen LogP contribution in [0.4, 0.5) is 10.1 Å². The van der Waals surface area contributed by atoms with Gasteiger partial charge in [0.25, 0.3) is 5.89 Å². The van der Waals surface area contributed by atoms with Gasteiger partial charge in [-0.3, -0.25) is 4.79 Å². The van der Waals surface area contributed by atoms with E-state index in [0.29, 0.717) is 40.6 Å². The highest BCUT2D eigenvalue weighted by Crippen LogP contribution is 2.32. The van der Waals surface area contributed by atoms with Crippen molar-refractivity contribution in [3.63, 3.8) is 0 Å². The smallest absolute Gasteiger partial charge is 0.257 e. The van der Waals surface area contributed by atoms with Gasteiger partial charge in [0.1, 0.15) is 5.82 Å². The molecule has 1 aromatic heterocycles. The maximum Gasteiger partial charge on any atom is 0.257 e. The molecule has 0 radical (unpaired) electrons. The molecular formula is C20H15FN4O2. The number of aryl methyl sites for hydroxylation is 1. The maximum atomic E-state index is 13.8. The molecule has 1 aliphatic heterocycles. The Morgan fingerprint density at radius 3 is 2.74 bits per heavy atom. The summed E-state index contributed by atoms with van der Waals surface area (Å²) in [4.78, 5) is 18.3. The monoisotopic (exact) mass is 362 g/mol. The van der Waals surface area contributed by atoms with E-state index in [9.17, 15) is 9.18 Å². The average molecular weight is 362 g/mol. The van der Waals surface area contributed by atoms with Crippen LogP contribution >= 0.6 is 0 Å². The number of hydrogen-bond acceptors (Lipinski definition) is 5. The first-order chi connectivity index (χ1) is 13.0. The van der Waals surface area contributed by atoms with Crippen LogP contribution < -0.4 is 4.90 Å². The van der Waals surface area contributed by atoms with Gasteiger partial charge >= 0.3 is 0 Å². The van der Waals surface area contributed by atoms with Gasteiger partial charge in [-0.05, 0) is 48.9 Å². The van der Waals surface area contributed by atoms with Gasteiger partial charge in [0.05, 0.1) is 11.6 Å². The molecule has 1 unspecified atom stereocenters. The molecule has 27 heavy (non-hydrogen) atoms. The third-order valence-corrected chi connectivity index (χ3v) is 4.66. The minimum Gasteiger partial charge on any atom is -0.334 e. The summed E-state index contributed by atoms with van der Waals surface area (Å²) < 4.78 is 19.1. The normalized spacial score (nSPS) is 16.6. The maximum absolute atomic E-state index is 13.8. The van der Waals surface area contributed by atoms with Crippen LogP contribution in [0.1, 0.15) is 29.3 Å². The Hall–Kier alpha value is -3.53. The first kappa shape index (κ1) is 16.9. The summed E-state index contributed by atoms with van der Waals surface area (Å²) in [7, 11) is 0. The largest absolute Gasteiger partial charge is 0.334 e. The Bertz CT molecular complexity index is 1050. The summed E-state index contributed by atoms with van der Waals surface area (Å²) in [5, 5.41) is 12.9. The number of halogens is 1. The van der Waals surface area contributed by atoms with E-state index in [2.05, 4.69) is 16.2 Å². The minimum absolute atomic E-state index is 0.104. The molecule has 0 aliphatic carbocycles. The molecule has 2 heterocycles. The van der Waals surface area contributed by atoms with Crippen molar-refractivity contribution in [1.29, 1.82) is 5.26 Å². The minimum atomic E-state index is -0.341. The van der Waals surface area contributed by atoms with E-state index in [-0.39, 0.29) is 24.1 Å². The van der Waals surface area contributed by atoms with Crippen LogP contribution in [-0.4, -0.2) is 22.6 Å². The molecule has 0 saturated carbocycles. The van der Waals surface area contributed by atoms with Crippen LogP contribution in [0.3, 0.4) is 0 Å². The molecule has 134 valence electrons. The van der Waals surface area contributed by atoms with Crippen molar-refractivity contribution in [2.45, 2.75) is 19.3 Å². The lowest BCUT2D eigenvalue weighted by Crippen LogP contribution is -2.24. The number of anilines is 1. The predicted molar refractivity (Wildman–Crippen MR) is 95.3 cm³/mol. The molecule has 3 aromatic rings. The van der Waals surface area contributed by atoms with Crippen molar-refractivity contribution in [2.24, 2.45) is 0 Å². The van der Waals surface area contributed by atoms with E-state index in [0.717, 1.165) is 0 Å².